The van der Waals surface area contributed by atoms with Crippen molar-refractivity contribution in [1.82, 2.24) is 19.5 Å². The number of nitrogens with zero attached hydrogens (tertiary/aromatic N) is 4. The Bertz CT molecular complexity index is 1430. The molecule has 4 aromatic rings. The molecule has 1 N–H and O–H groups in total. The summed E-state index contributed by atoms with van der Waals surface area (Å²) >= 11 is 12.2. The molecular weight excluding hydrogens is 423 g/mol. The fourth-order valence-corrected chi connectivity index (χ4v) is 3.83. The Kier molecular flexibility index (Phi) is 3.83. The van der Waals surface area contributed by atoms with E-state index in [2.05, 4.69) is 10.1 Å². The van der Waals surface area contributed by atoms with Crippen LogP contribution < -0.4 is 0 Å². The maximum Gasteiger partial charge on any atom is 0.407 e. The molecule has 5 rings (SSSR count). The molecule has 1 unspecified atom stereocenters. The Balaban J connectivity index is 1.72. The van der Waals surface area contributed by atoms with Crippen molar-refractivity contribution in [1.29, 1.82) is 0 Å². The molecule has 0 aliphatic carbocycles. The smallest absolute Gasteiger partial charge is 0.407 e. The number of carbonyl (C=O) groups is 1. The van der Waals surface area contributed by atoms with Crippen molar-refractivity contribution < 1.29 is 14.0 Å². The molecule has 1 aliphatic heterocycles. The van der Waals surface area contributed by atoms with Crippen molar-refractivity contribution in [2.24, 2.45) is 0 Å². The molecule has 2 aromatic heterocycles. The molecule has 0 bridgehead atoms. The van der Waals surface area contributed by atoms with Crippen LogP contribution in [-0.4, -0.2) is 37.2 Å². The van der Waals surface area contributed by atoms with Crippen molar-refractivity contribution in [3.05, 3.63) is 87.8 Å². The van der Waals surface area contributed by atoms with Crippen molar-refractivity contribution in [2.45, 2.75) is 12.4 Å². The molecule has 8 heteroatoms. The lowest BCUT2D eigenvalue weighted by atomic mass is 9.83. The molecule has 6 nitrogen and oxygen atoms in total. The maximum atomic E-state index is 12.0. The summed E-state index contributed by atoms with van der Waals surface area (Å²) in [7, 11) is 0. The number of halogens is 2. The first-order chi connectivity index (χ1) is 15.6. The Morgan fingerprint density at radius 2 is 1.97 bits per heavy atom. The van der Waals surface area contributed by atoms with Crippen molar-refractivity contribution >= 4 is 34.9 Å². The van der Waals surface area contributed by atoms with Crippen LogP contribution in [0.25, 0.3) is 16.8 Å². The Labute approximate surface area is 186 Å². The summed E-state index contributed by atoms with van der Waals surface area (Å²) in [6.07, 6.45) is 1.79. The van der Waals surface area contributed by atoms with E-state index in [0.29, 0.717) is 21.7 Å². The number of hydrogen-bond donors (Lipinski definition) is 1. The molecule has 150 valence electrons. The number of fused-ring (bicyclic) bond motifs is 2. The van der Waals surface area contributed by atoms with Gasteiger partial charge in [0.2, 0.25) is 0 Å². The number of amides is 1. The molecule has 1 aliphatic rings. The summed E-state index contributed by atoms with van der Waals surface area (Å²) in [6, 6.07) is 13.3. The molecule has 0 spiro atoms. The average Bonchev–Trinajstić information content (AvgIpc) is 3.25. The van der Waals surface area contributed by atoms with E-state index in [0.717, 1.165) is 11.1 Å². The minimum atomic E-state index is -2.58. The third-order valence-electron chi connectivity index (χ3n) is 5.00. The van der Waals surface area contributed by atoms with E-state index in [9.17, 15) is 11.3 Å². The van der Waals surface area contributed by atoms with Gasteiger partial charge in [0.1, 0.15) is 6.33 Å². The highest BCUT2D eigenvalue weighted by atomic mass is 35.5. The standard InChI is InChI=1S/C22H16Cl2N4O2/c23-19-5-2-14(8-20(19)24)18-11-27(22(29)30)9-16-7-13(1-4-17(16)18)15-3-6-21-25-12-26-28(21)10-15/h1-8,10,12,18H,9,11H2,(H,29,30)/i11D2,18D. The van der Waals surface area contributed by atoms with Gasteiger partial charge in [0.15, 0.2) is 5.65 Å². The zero-order valence-electron chi connectivity index (χ0n) is 18.4. The van der Waals surface area contributed by atoms with E-state index in [4.69, 9.17) is 25.9 Å². The van der Waals surface area contributed by atoms with Crippen LogP contribution in [0.3, 0.4) is 0 Å². The maximum absolute atomic E-state index is 12.0. The monoisotopic (exact) mass is 441 g/mol. The van der Waals surface area contributed by atoms with Crippen molar-refractivity contribution in [3.63, 3.8) is 0 Å². The molecule has 30 heavy (non-hydrogen) atoms. The minimum absolute atomic E-state index is 0.156. The van der Waals surface area contributed by atoms with E-state index < -0.39 is 18.5 Å². The van der Waals surface area contributed by atoms with Gasteiger partial charge >= 0.3 is 6.09 Å². The summed E-state index contributed by atoms with van der Waals surface area (Å²) < 4.78 is 28.3. The van der Waals surface area contributed by atoms with Gasteiger partial charge in [0, 0.05) is 32.1 Å². The lowest BCUT2D eigenvalue weighted by Gasteiger charge is -2.34. The third kappa shape index (κ3) is 3.28. The summed E-state index contributed by atoms with van der Waals surface area (Å²) in [5.41, 5.74) is 3.35. The lowest BCUT2D eigenvalue weighted by Crippen LogP contribution is -2.37. The molecule has 1 amide bonds. The second-order valence-corrected chi connectivity index (χ2v) is 7.65. The predicted molar refractivity (Wildman–Crippen MR) is 115 cm³/mol. The van der Waals surface area contributed by atoms with Crippen molar-refractivity contribution in [2.75, 3.05) is 6.50 Å². The zero-order chi connectivity index (χ0) is 23.5. The van der Waals surface area contributed by atoms with Crippen LogP contribution in [0, 0.1) is 0 Å². The second kappa shape index (κ2) is 7.31. The molecule has 2 aromatic carbocycles. The van der Waals surface area contributed by atoms with Crippen LogP contribution in [0.2, 0.25) is 10.0 Å². The van der Waals surface area contributed by atoms with Gasteiger partial charge in [-0.25, -0.2) is 14.3 Å². The predicted octanol–water partition coefficient (Wildman–Crippen LogP) is 5.33. The highest BCUT2D eigenvalue weighted by molar-refractivity contribution is 6.42. The number of benzene rings is 2. The van der Waals surface area contributed by atoms with E-state index in [-0.39, 0.29) is 22.2 Å². The summed E-state index contributed by atoms with van der Waals surface area (Å²) in [5, 5.41) is 14.4. The number of rotatable bonds is 2. The highest BCUT2D eigenvalue weighted by Gasteiger charge is 2.29. The van der Waals surface area contributed by atoms with Crippen LogP contribution in [0.15, 0.2) is 61.1 Å². The Morgan fingerprint density at radius 1 is 1.13 bits per heavy atom. The van der Waals surface area contributed by atoms with Gasteiger partial charge in [-0.15, -0.1) is 0 Å². The topological polar surface area (TPSA) is 70.7 Å². The average molecular weight is 442 g/mol. The molecule has 0 saturated carbocycles. The van der Waals surface area contributed by atoms with E-state index >= 15 is 0 Å². The zero-order valence-corrected chi connectivity index (χ0v) is 16.9. The van der Waals surface area contributed by atoms with E-state index in [1.807, 2.05) is 12.1 Å². The van der Waals surface area contributed by atoms with Crippen LogP contribution >= 0.6 is 23.2 Å². The van der Waals surface area contributed by atoms with Gasteiger partial charge in [0.25, 0.3) is 0 Å². The quantitative estimate of drug-likeness (QED) is 0.456. The molecular formula is C22H16Cl2N4O2. The van der Waals surface area contributed by atoms with Gasteiger partial charge in [-0.1, -0.05) is 41.4 Å². The van der Waals surface area contributed by atoms with E-state index in [1.165, 1.54) is 24.5 Å². The molecule has 0 saturated heterocycles. The van der Waals surface area contributed by atoms with Gasteiger partial charge in [-0.05, 0) is 52.6 Å². The normalized spacial score (nSPS) is 21.5. The molecule has 0 fully saturated rings. The molecule has 1 atom stereocenters. The lowest BCUT2D eigenvalue weighted by molar-refractivity contribution is 0.137. The first-order valence-electron chi connectivity index (χ1n) is 10.5. The Morgan fingerprint density at radius 3 is 2.77 bits per heavy atom. The fraction of sp³-hybridized carbons (Fsp3) is 0.136. The van der Waals surface area contributed by atoms with Gasteiger partial charge < -0.3 is 10.0 Å². The number of pyridine rings is 1. The van der Waals surface area contributed by atoms with Gasteiger partial charge in [-0.3, -0.25) is 0 Å². The van der Waals surface area contributed by atoms with Crippen LogP contribution in [0.4, 0.5) is 4.79 Å². The molecule has 0 radical (unpaired) electrons. The van der Waals surface area contributed by atoms with Crippen LogP contribution in [-0.2, 0) is 6.54 Å². The minimum Gasteiger partial charge on any atom is -0.465 e. The van der Waals surface area contributed by atoms with E-state index in [1.54, 1.807) is 28.9 Å². The highest BCUT2D eigenvalue weighted by Crippen LogP contribution is 2.37. The summed E-state index contributed by atoms with van der Waals surface area (Å²) in [6.45, 7) is -2.79. The van der Waals surface area contributed by atoms with Crippen LogP contribution in [0.5, 0.6) is 0 Å². The molecule has 3 heterocycles. The third-order valence-corrected chi connectivity index (χ3v) is 5.74. The van der Waals surface area contributed by atoms with Crippen LogP contribution in [0.1, 0.15) is 26.7 Å². The SMILES string of the molecule is [2H]C1(c2ccc(Cl)c(Cl)c2)c2ccc(-c3ccc4ncnn4c3)cc2CN(C(=O)O)C1([2H])[2H]. The second-order valence-electron chi connectivity index (χ2n) is 6.84. The summed E-state index contributed by atoms with van der Waals surface area (Å²) in [5.74, 6) is -2.08. The largest absolute Gasteiger partial charge is 0.465 e. The number of carboxylic acid groups (broad SMARTS) is 1. The summed E-state index contributed by atoms with van der Waals surface area (Å²) in [4.78, 5) is 16.8. The van der Waals surface area contributed by atoms with Gasteiger partial charge in [0.05, 0.1) is 12.8 Å². The number of hydrogen-bond acceptors (Lipinski definition) is 3. The fourth-order valence-electron chi connectivity index (χ4n) is 3.53. The van der Waals surface area contributed by atoms with Gasteiger partial charge in [-0.2, -0.15) is 5.10 Å². The number of aromatic nitrogens is 3. The Hall–Kier alpha value is -3.09. The first-order valence-corrected chi connectivity index (χ1v) is 9.78. The first kappa shape index (κ1) is 15.7. The van der Waals surface area contributed by atoms with Crippen molar-refractivity contribution in [3.8, 4) is 11.1 Å².